The lowest BCUT2D eigenvalue weighted by molar-refractivity contribution is 0.755. The second-order valence-electron chi connectivity index (χ2n) is 3.06. The highest BCUT2D eigenvalue weighted by Crippen LogP contribution is 2.07. The number of rotatable bonds is 3. The van der Waals surface area contributed by atoms with Gasteiger partial charge in [0.05, 0.1) is 11.6 Å². The molecule has 1 N–H and O–H groups in total. The van der Waals surface area contributed by atoms with E-state index in [2.05, 4.69) is 27.1 Å². The molecule has 0 unspecified atom stereocenters. The van der Waals surface area contributed by atoms with Gasteiger partial charge in [0.25, 0.3) is 0 Å². The van der Waals surface area contributed by atoms with Crippen molar-refractivity contribution in [3.05, 3.63) is 18.2 Å². The van der Waals surface area contributed by atoms with Crippen LogP contribution in [-0.2, 0) is 6.42 Å². The summed E-state index contributed by atoms with van der Waals surface area (Å²) in [5, 5.41) is 7.70. The third kappa shape index (κ3) is 1.66. The molecule has 0 amide bonds. The molecule has 2 aromatic heterocycles. The van der Waals surface area contributed by atoms with Crippen molar-refractivity contribution in [3.63, 3.8) is 0 Å². The smallest absolute Gasteiger partial charge is 0.158 e. The first-order valence-electron chi connectivity index (χ1n) is 4.55. The zero-order valence-corrected chi connectivity index (χ0v) is 7.62. The fourth-order valence-electron chi connectivity index (χ4n) is 1.23. The highest BCUT2D eigenvalue weighted by Gasteiger charge is 1.99. The highest BCUT2D eigenvalue weighted by atomic mass is 15.1. The van der Waals surface area contributed by atoms with Crippen LogP contribution in [0, 0.1) is 0 Å². The monoisotopic (exact) mass is 176 g/mol. The third-order valence-electron chi connectivity index (χ3n) is 1.99. The molecule has 0 bridgehead atoms. The molecule has 0 radical (unpaired) electrons. The van der Waals surface area contributed by atoms with Gasteiger partial charge in [-0.05, 0) is 6.42 Å². The molecule has 0 saturated carbocycles. The average molecular weight is 176 g/mol. The maximum absolute atomic E-state index is 4.34. The topological polar surface area (TPSA) is 54.5 Å². The molecule has 4 heteroatoms. The van der Waals surface area contributed by atoms with E-state index < -0.39 is 0 Å². The predicted octanol–water partition coefficient (Wildman–Crippen LogP) is 1.70. The van der Waals surface area contributed by atoms with Crippen molar-refractivity contribution < 1.29 is 0 Å². The van der Waals surface area contributed by atoms with Crippen LogP contribution in [0.3, 0.4) is 0 Å². The van der Waals surface area contributed by atoms with Crippen LogP contribution < -0.4 is 0 Å². The molecule has 0 saturated heterocycles. The second kappa shape index (κ2) is 3.51. The van der Waals surface area contributed by atoms with Gasteiger partial charge in [-0.3, -0.25) is 5.10 Å². The summed E-state index contributed by atoms with van der Waals surface area (Å²) in [4.78, 5) is 8.59. The van der Waals surface area contributed by atoms with Crippen LogP contribution in [0.1, 0.15) is 25.6 Å². The van der Waals surface area contributed by atoms with Gasteiger partial charge >= 0.3 is 0 Å². The van der Waals surface area contributed by atoms with Crippen molar-refractivity contribution in [2.45, 2.75) is 26.2 Å². The van der Waals surface area contributed by atoms with Crippen molar-refractivity contribution in [1.82, 2.24) is 20.2 Å². The number of H-pyrrole nitrogens is 1. The summed E-state index contributed by atoms with van der Waals surface area (Å²) in [7, 11) is 0. The van der Waals surface area contributed by atoms with E-state index in [-0.39, 0.29) is 0 Å². The largest absolute Gasteiger partial charge is 0.261 e. The minimum absolute atomic E-state index is 0.834. The van der Waals surface area contributed by atoms with Gasteiger partial charge in [-0.2, -0.15) is 5.10 Å². The first-order chi connectivity index (χ1) is 6.40. The number of hydrogen-bond acceptors (Lipinski definition) is 3. The summed E-state index contributed by atoms with van der Waals surface area (Å²) in [6, 6.07) is 0. The van der Waals surface area contributed by atoms with Crippen LogP contribution >= 0.6 is 0 Å². The Morgan fingerprint density at radius 1 is 1.38 bits per heavy atom. The molecule has 0 aliphatic rings. The first kappa shape index (κ1) is 8.16. The molecule has 0 aliphatic carbocycles. The Morgan fingerprint density at radius 3 is 3.15 bits per heavy atom. The summed E-state index contributed by atoms with van der Waals surface area (Å²) in [5.41, 5.74) is 0.834. The van der Waals surface area contributed by atoms with E-state index >= 15 is 0 Å². The number of aromatic nitrogens is 4. The van der Waals surface area contributed by atoms with Crippen LogP contribution in [-0.4, -0.2) is 20.2 Å². The Bertz CT molecular complexity index is 393. The normalized spacial score (nSPS) is 10.8. The van der Waals surface area contributed by atoms with E-state index in [9.17, 15) is 0 Å². The zero-order chi connectivity index (χ0) is 9.10. The lowest BCUT2D eigenvalue weighted by Crippen LogP contribution is -1.94. The Kier molecular flexibility index (Phi) is 2.21. The summed E-state index contributed by atoms with van der Waals surface area (Å²) in [6.45, 7) is 2.16. The van der Waals surface area contributed by atoms with E-state index in [1.165, 1.54) is 6.42 Å². The minimum Gasteiger partial charge on any atom is -0.261 e. The molecule has 0 spiro atoms. The summed E-state index contributed by atoms with van der Waals surface area (Å²) < 4.78 is 0. The molecule has 2 rings (SSSR count). The first-order valence-corrected chi connectivity index (χ1v) is 4.55. The van der Waals surface area contributed by atoms with Crippen LogP contribution in [0.5, 0.6) is 0 Å². The van der Waals surface area contributed by atoms with Crippen molar-refractivity contribution in [3.8, 4) is 0 Å². The van der Waals surface area contributed by atoms with Gasteiger partial charge in [0, 0.05) is 12.6 Å². The maximum atomic E-state index is 4.34. The van der Waals surface area contributed by atoms with Crippen molar-refractivity contribution in [2.24, 2.45) is 0 Å². The standard InChI is InChI=1S/C9H12N4/c1-2-3-4-8-10-5-7-6-11-13-9(7)12-8/h5-6H,2-4H2,1H3,(H,10,11,12,13). The van der Waals surface area contributed by atoms with Crippen LogP contribution in [0.4, 0.5) is 0 Å². The number of unbranched alkanes of at least 4 members (excludes halogenated alkanes) is 1. The van der Waals surface area contributed by atoms with Gasteiger partial charge in [0.1, 0.15) is 5.82 Å². The lowest BCUT2D eigenvalue weighted by atomic mass is 10.2. The summed E-state index contributed by atoms with van der Waals surface area (Å²) >= 11 is 0. The molecule has 0 fully saturated rings. The second-order valence-corrected chi connectivity index (χ2v) is 3.06. The lowest BCUT2D eigenvalue weighted by Gasteiger charge is -1.96. The quantitative estimate of drug-likeness (QED) is 0.774. The Morgan fingerprint density at radius 2 is 2.31 bits per heavy atom. The Balaban J connectivity index is 2.26. The molecular formula is C9H12N4. The van der Waals surface area contributed by atoms with Gasteiger partial charge < -0.3 is 0 Å². The van der Waals surface area contributed by atoms with E-state index in [1.54, 1.807) is 6.20 Å². The zero-order valence-electron chi connectivity index (χ0n) is 7.62. The number of nitrogens with zero attached hydrogens (tertiary/aromatic N) is 3. The fraction of sp³-hybridized carbons (Fsp3) is 0.444. The van der Waals surface area contributed by atoms with Gasteiger partial charge in [-0.25, -0.2) is 9.97 Å². The van der Waals surface area contributed by atoms with Crippen molar-refractivity contribution >= 4 is 11.0 Å². The highest BCUT2D eigenvalue weighted by molar-refractivity contribution is 5.72. The van der Waals surface area contributed by atoms with Gasteiger partial charge in [-0.15, -0.1) is 0 Å². The van der Waals surface area contributed by atoms with Crippen molar-refractivity contribution in [2.75, 3.05) is 0 Å². The summed E-state index contributed by atoms with van der Waals surface area (Å²) in [5.74, 6) is 0.901. The SMILES string of the molecule is CCCCc1ncc2cn[nH]c2n1. The van der Waals surface area contributed by atoms with Crippen LogP contribution in [0.25, 0.3) is 11.0 Å². The minimum atomic E-state index is 0.834. The molecule has 2 aromatic rings. The molecule has 68 valence electrons. The molecule has 0 aliphatic heterocycles. The van der Waals surface area contributed by atoms with Gasteiger partial charge in [-0.1, -0.05) is 13.3 Å². The maximum Gasteiger partial charge on any atom is 0.158 e. The fourth-order valence-corrected chi connectivity index (χ4v) is 1.23. The summed E-state index contributed by atoms with van der Waals surface area (Å²) in [6.07, 6.45) is 6.81. The number of nitrogens with one attached hydrogen (secondary N) is 1. The average Bonchev–Trinajstić information content (AvgIpc) is 2.61. The third-order valence-corrected chi connectivity index (χ3v) is 1.99. The number of aryl methyl sites for hydroxylation is 1. The van der Waals surface area contributed by atoms with Crippen LogP contribution in [0.2, 0.25) is 0 Å². The molecule has 13 heavy (non-hydrogen) atoms. The van der Waals surface area contributed by atoms with E-state index in [0.717, 1.165) is 29.7 Å². The Hall–Kier alpha value is -1.45. The molecule has 0 atom stereocenters. The number of aromatic amines is 1. The van der Waals surface area contributed by atoms with Gasteiger partial charge in [0.2, 0.25) is 0 Å². The molecule has 2 heterocycles. The van der Waals surface area contributed by atoms with Crippen LogP contribution in [0.15, 0.2) is 12.4 Å². The number of fused-ring (bicyclic) bond motifs is 1. The molecule has 4 nitrogen and oxygen atoms in total. The van der Waals surface area contributed by atoms with E-state index in [1.807, 2.05) is 6.20 Å². The molecular weight excluding hydrogens is 164 g/mol. The number of hydrogen-bond donors (Lipinski definition) is 1. The predicted molar refractivity (Wildman–Crippen MR) is 50.3 cm³/mol. The van der Waals surface area contributed by atoms with Crippen molar-refractivity contribution in [1.29, 1.82) is 0 Å². The molecule has 0 aromatic carbocycles. The van der Waals surface area contributed by atoms with E-state index in [0.29, 0.717) is 0 Å². The Labute approximate surface area is 76.4 Å². The van der Waals surface area contributed by atoms with E-state index in [4.69, 9.17) is 0 Å². The van der Waals surface area contributed by atoms with Gasteiger partial charge in [0.15, 0.2) is 5.65 Å².